The standard InChI is InChI=1S/C23H25N3O3/c1-14-6-12-20(13-7-14)26-17(4)24-16(3)21(26)22(27)25-15(2)18-8-10-19(11-9-18)23(28)29-5/h6-13,15H,1-5H3,(H,25,27). The van der Waals surface area contributed by atoms with Gasteiger partial charge in [-0.1, -0.05) is 29.8 Å². The van der Waals surface area contributed by atoms with Crippen molar-refractivity contribution in [3.05, 3.63) is 82.4 Å². The average molecular weight is 391 g/mol. The number of carbonyl (C=O) groups is 2. The molecule has 6 nitrogen and oxygen atoms in total. The fourth-order valence-corrected chi connectivity index (χ4v) is 3.32. The number of amides is 1. The molecule has 29 heavy (non-hydrogen) atoms. The smallest absolute Gasteiger partial charge is 0.337 e. The van der Waals surface area contributed by atoms with E-state index in [1.54, 1.807) is 12.1 Å². The molecule has 3 aromatic rings. The minimum atomic E-state index is -0.388. The Labute approximate surface area is 170 Å². The number of hydrogen-bond acceptors (Lipinski definition) is 4. The summed E-state index contributed by atoms with van der Waals surface area (Å²) in [5.41, 5.74) is 4.60. The summed E-state index contributed by atoms with van der Waals surface area (Å²) in [6.07, 6.45) is 0. The van der Waals surface area contributed by atoms with E-state index in [2.05, 4.69) is 10.3 Å². The molecule has 0 aliphatic rings. The Balaban J connectivity index is 1.85. The average Bonchev–Trinajstić information content (AvgIpc) is 3.01. The van der Waals surface area contributed by atoms with Crippen molar-refractivity contribution in [2.45, 2.75) is 33.7 Å². The molecule has 1 amide bonds. The molecule has 3 rings (SSSR count). The van der Waals surface area contributed by atoms with Gasteiger partial charge in [0.05, 0.1) is 24.4 Å². The fraction of sp³-hybridized carbons (Fsp3) is 0.261. The van der Waals surface area contributed by atoms with E-state index in [1.807, 2.05) is 68.7 Å². The molecule has 0 spiro atoms. The topological polar surface area (TPSA) is 73.2 Å². The predicted octanol–water partition coefficient (Wildman–Crippen LogP) is 4.08. The molecule has 150 valence electrons. The number of ether oxygens (including phenoxy) is 1. The molecule has 0 radical (unpaired) electrons. The molecule has 0 fully saturated rings. The van der Waals surface area contributed by atoms with E-state index in [0.29, 0.717) is 17.0 Å². The van der Waals surface area contributed by atoms with Crippen molar-refractivity contribution in [2.24, 2.45) is 0 Å². The van der Waals surface area contributed by atoms with Crippen molar-refractivity contribution in [2.75, 3.05) is 7.11 Å². The highest BCUT2D eigenvalue weighted by Gasteiger charge is 2.22. The lowest BCUT2D eigenvalue weighted by Gasteiger charge is -2.17. The van der Waals surface area contributed by atoms with Gasteiger partial charge >= 0.3 is 5.97 Å². The van der Waals surface area contributed by atoms with Gasteiger partial charge in [0, 0.05) is 5.69 Å². The van der Waals surface area contributed by atoms with Crippen molar-refractivity contribution in [1.82, 2.24) is 14.9 Å². The Hall–Kier alpha value is -3.41. The zero-order valence-electron chi connectivity index (χ0n) is 17.3. The third kappa shape index (κ3) is 4.21. The van der Waals surface area contributed by atoms with Crippen LogP contribution in [0.5, 0.6) is 0 Å². The number of aromatic nitrogens is 2. The Bertz CT molecular complexity index is 1030. The number of esters is 1. The number of hydrogen-bond donors (Lipinski definition) is 1. The van der Waals surface area contributed by atoms with E-state index in [9.17, 15) is 9.59 Å². The lowest BCUT2D eigenvalue weighted by molar-refractivity contribution is 0.0600. The van der Waals surface area contributed by atoms with Gasteiger partial charge in [-0.15, -0.1) is 0 Å². The Kier molecular flexibility index (Phi) is 5.82. The van der Waals surface area contributed by atoms with Crippen molar-refractivity contribution < 1.29 is 14.3 Å². The quantitative estimate of drug-likeness (QED) is 0.665. The lowest BCUT2D eigenvalue weighted by Crippen LogP contribution is -2.29. The van der Waals surface area contributed by atoms with Gasteiger partial charge < -0.3 is 10.1 Å². The molecule has 1 aromatic heterocycles. The molecule has 0 saturated carbocycles. The molecule has 2 aromatic carbocycles. The Morgan fingerprint density at radius 3 is 2.21 bits per heavy atom. The molecule has 1 unspecified atom stereocenters. The number of nitrogens with zero attached hydrogens (tertiary/aromatic N) is 2. The van der Waals surface area contributed by atoms with Gasteiger partial charge in [-0.05, 0) is 57.5 Å². The van der Waals surface area contributed by atoms with Gasteiger partial charge in [0.1, 0.15) is 11.5 Å². The van der Waals surface area contributed by atoms with Gasteiger partial charge in [0.2, 0.25) is 0 Å². The van der Waals surface area contributed by atoms with Crippen LogP contribution >= 0.6 is 0 Å². The van der Waals surface area contributed by atoms with Gasteiger partial charge in [0.25, 0.3) is 5.91 Å². The molecule has 1 N–H and O–H groups in total. The second-order valence-corrected chi connectivity index (χ2v) is 7.07. The van der Waals surface area contributed by atoms with E-state index in [0.717, 1.165) is 22.6 Å². The van der Waals surface area contributed by atoms with Gasteiger partial charge in [-0.25, -0.2) is 9.78 Å². The zero-order chi connectivity index (χ0) is 21.1. The summed E-state index contributed by atoms with van der Waals surface area (Å²) < 4.78 is 6.59. The zero-order valence-corrected chi connectivity index (χ0v) is 17.3. The Morgan fingerprint density at radius 1 is 1.00 bits per heavy atom. The largest absolute Gasteiger partial charge is 0.465 e. The van der Waals surface area contributed by atoms with Crippen LogP contribution in [0, 0.1) is 20.8 Å². The van der Waals surface area contributed by atoms with Crippen LogP contribution in [0.15, 0.2) is 48.5 Å². The maximum absolute atomic E-state index is 13.1. The third-order valence-electron chi connectivity index (χ3n) is 4.91. The van der Waals surface area contributed by atoms with Crippen LogP contribution in [0.25, 0.3) is 5.69 Å². The van der Waals surface area contributed by atoms with Crippen molar-refractivity contribution in [3.8, 4) is 5.69 Å². The molecular weight excluding hydrogens is 366 g/mol. The third-order valence-corrected chi connectivity index (χ3v) is 4.91. The summed E-state index contributed by atoms with van der Waals surface area (Å²) in [5, 5.41) is 3.03. The van der Waals surface area contributed by atoms with E-state index >= 15 is 0 Å². The minimum absolute atomic E-state index is 0.201. The number of aryl methyl sites for hydroxylation is 3. The number of nitrogens with one attached hydrogen (secondary N) is 1. The first-order valence-electron chi connectivity index (χ1n) is 9.44. The van der Waals surface area contributed by atoms with Gasteiger partial charge in [-0.2, -0.15) is 0 Å². The first-order valence-corrected chi connectivity index (χ1v) is 9.44. The van der Waals surface area contributed by atoms with Gasteiger partial charge in [0.15, 0.2) is 0 Å². The number of rotatable bonds is 5. The van der Waals surface area contributed by atoms with Gasteiger partial charge in [-0.3, -0.25) is 9.36 Å². The van der Waals surface area contributed by atoms with E-state index in [1.165, 1.54) is 7.11 Å². The molecule has 0 aliphatic carbocycles. The molecule has 6 heteroatoms. The normalized spacial score (nSPS) is 11.8. The Morgan fingerprint density at radius 2 is 1.62 bits per heavy atom. The second kappa shape index (κ2) is 8.31. The minimum Gasteiger partial charge on any atom is -0.465 e. The lowest BCUT2D eigenvalue weighted by atomic mass is 10.1. The fourth-order valence-electron chi connectivity index (χ4n) is 3.32. The number of carbonyl (C=O) groups excluding carboxylic acids is 2. The van der Waals surface area contributed by atoms with Crippen LogP contribution in [0.3, 0.4) is 0 Å². The van der Waals surface area contributed by atoms with Crippen LogP contribution < -0.4 is 5.32 Å². The highest BCUT2D eigenvalue weighted by Crippen LogP contribution is 2.21. The maximum atomic E-state index is 13.1. The first-order chi connectivity index (χ1) is 13.8. The molecule has 0 saturated heterocycles. The van der Waals surface area contributed by atoms with E-state index in [4.69, 9.17) is 4.74 Å². The second-order valence-electron chi connectivity index (χ2n) is 7.07. The highest BCUT2D eigenvalue weighted by atomic mass is 16.5. The summed E-state index contributed by atoms with van der Waals surface area (Å²) in [5.74, 6) is 0.168. The van der Waals surface area contributed by atoms with Crippen molar-refractivity contribution in [3.63, 3.8) is 0 Å². The summed E-state index contributed by atoms with van der Waals surface area (Å²) in [6.45, 7) is 7.65. The van der Waals surface area contributed by atoms with Crippen molar-refractivity contribution >= 4 is 11.9 Å². The maximum Gasteiger partial charge on any atom is 0.337 e. The predicted molar refractivity (Wildman–Crippen MR) is 111 cm³/mol. The summed E-state index contributed by atoms with van der Waals surface area (Å²) >= 11 is 0. The number of imidazole rings is 1. The molecule has 1 heterocycles. The van der Waals surface area contributed by atoms with Crippen LogP contribution in [-0.4, -0.2) is 28.5 Å². The first kappa shape index (κ1) is 20.3. The van der Waals surface area contributed by atoms with Crippen LogP contribution in [0.2, 0.25) is 0 Å². The summed E-state index contributed by atoms with van der Waals surface area (Å²) in [7, 11) is 1.35. The van der Waals surface area contributed by atoms with E-state index in [-0.39, 0.29) is 17.9 Å². The van der Waals surface area contributed by atoms with Crippen molar-refractivity contribution in [1.29, 1.82) is 0 Å². The number of benzene rings is 2. The van der Waals surface area contributed by atoms with Crippen LogP contribution in [0.4, 0.5) is 0 Å². The van der Waals surface area contributed by atoms with E-state index < -0.39 is 0 Å². The summed E-state index contributed by atoms with van der Waals surface area (Å²) in [4.78, 5) is 29.2. The van der Waals surface area contributed by atoms with Crippen LogP contribution in [0.1, 0.15) is 56.5 Å². The molecule has 0 aliphatic heterocycles. The number of methoxy groups -OCH3 is 1. The van der Waals surface area contributed by atoms with Crippen LogP contribution in [-0.2, 0) is 4.74 Å². The molecule has 0 bridgehead atoms. The summed E-state index contributed by atoms with van der Waals surface area (Å²) in [6, 6.07) is 14.7. The SMILES string of the molecule is COC(=O)c1ccc(C(C)NC(=O)c2c(C)nc(C)n2-c2ccc(C)cc2)cc1. The molecule has 1 atom stereocenters. The molecular formula is C23H25N3O3. The monoisotopic (exact) mass is 391 g/mol. The highest BCUT2D eigenvalue weighted by molar-refractivity contribution is 5.95.